The molecule has 27 heavy (non-hydrogen) atoms. The van der Waals surface area contributed by atoms with Gasteiger partial charge >= 0.3 is 0 Å². The molecule has 2 aromatic carbocycles. The van der Waals surface area contributed by atoms with Crippen LogP contribution in [0.3, 0.4) is 0 Å². The molecule has 0 radical (unpaired) electrons. The summed E-state index contributed by atoms with van der Waals surface area (Å²) in [5, 5.41) is 0. The molecular formula is C21H23NO4S. The third-order valence-electron chi connectivity index (χ3n) is 4.47. The Kier molecular flexibility index (Phi) is 5.86. The molecule has 3 aromatic rings. The van der Waals surface area contributed by atoms with E-state index in [0.29, 0.717) is 23.0 Å². The van der Waals surface area contributed by atoms with Gasteiger partial charge in [-0.3, -0.25) is 0 Å². The van der Waals surface area contributed by atoms with Gasteiger partial charge in [0.1, 0.15) is 0 Å². The maximum Gasteiger partial charge on any atom is 0.207 e. The molecule has 0 aliphatic carbocycles. The molecule has 0 saturated heterocycles. The highest BCUT2D eigenvalue weighted by Gasteiger charge is 2.24. The summed E-state index contributed by atoms with van der Waals surface area (Å²) in [7, 11) is 6.37. The standard InChI is InChI=1S/C21H23NO4S/c1-6-13-7-9-14(10-8-13)21-16(12-22-27-21)15-11-17(23-2)19(25-4)20(26-5)18(15)24-3/h7-12H,6H2,1-5H3. The average Bonchev–Trinajstić information content (AvgIpc) is 3.21. The van der Waals surface area contributed by atoms with E-state index in [1.165, 1.54) is 17.1 Å². The van der Waals surface area contributed by atoms with Crippen LogP contribution in [-0.2, 0) is 6.42 Å². The highest BCUT2D eigenvalue weighted by atomic mass is 32.1. The van der Waals surface area contributed by atoms with Crippen LogP contribution in [0.15, 0.2) is 36.5 Å². The van der Waals surface area contributed by atoms with E-state index in [9.17, 15) is 0 Å². The lowest BCUT2D eigenvalue weighted by atomic mass is 10.00. The zero-order chi connectivity index (χ0) is 19.4. The number of nitrogens with zero attached hydrogens (tertiary/aromatic N) is 1. The molecule has 0 fully saturated rings. The summed E-state index contributed by atoms with van der Waals surface area (Å²) in [5.74, 6) is 2.15. The monoisotopic (exact) mass is 385 g/mol. The van der Waals surface area contributed by atoms with Crippen molar-refractivity contribution in [3.8, 4) is 44.6 Å². The molecule has 0 unspecified atom stereocenters. The van der Waals surface area contributed by atoms with Gasteiger partial charge in [0.15, 0.2) is 11.5 Å². The smallest absolute Gasteiger partial charge is 0.207 e. The first-order valence-corrected chi connectivity index (χ1v) is 9.37. The van der Waals surface area contributed by atoms with Crippen LogP contribution in [-0.4, -0.2) is 32.8 Å². The Bertz CT molecular complexity index is 919. The van der Waals surface area contributed by atoms with Gasteiger partial charge in [-0.05, 0) is 35.1 Å². The van der Waals surface area contributed by atoms with Gasteiger partial charge < -0.3 is 18.9 Å². The first-order chi connectivity index (χ1) is 13.2. The van der Waals surface area contributed by atoms with Gasteiger partial charge in [-0.2, -0.15) is 4.37 Å². The molecule has 0 bridgehead atoms. The van der Waals surface area contributed by atoms with Crippen molar-refractivity contribution >= 4 is 11.5 Å². The molecule has 5 nitrogen and oxygen atoms in total. The lowest BCUT2D eigenvalue weighted by Gasteiger charge is -2.18. The Balaban J connectivity index is 2.21. The summed E-state index contributed by atoms with van der Waals surface area (Å²) in [6.45, 7) is 2.15. The van der Waals surface area contributed by atoms with E-state index in [1.807, 2.05) is 12.3 Å². The highest BCUT2D eigenvalue weighted by molar-refractivity contribution is 7.10. The number of aryl methyl sites for hydroxylation is 1. The van der Waals surface area contributed by atoms with Crippen molar-refractivity contribution in [1.29, 1.82) is 0 Å². The summed E-state index contributed by atoms with van der Waals surface area (Å²) in [4.78, 5) is 1.06. The first kappa shape index (κ1) is 19.0. The average molecular weight is 385 g/mol. The van der Waals surface area contributed by atoms with E-state index < -0.39 is 0 Å². The van der Waals surface area contributed by atoms with Gasteiger partial charge in [0.05, 0.1) is 33.3 Å². The minimum absolute atomic E-state index is 0.493. The molecule has 142 valence electrons. The molecule has 0 spiro atoms. The van der Waals surface area contributed by atoms with Crippen molar-refractivity contribution < 1.29 is 18.9 Å². The fourth-order valence-corrected chi connectivity index (χ4v) is 3.83. The van der Waals surface area contributed by atoms with Crippen LogP contribution < -0.4 is 18.9 Å². The van der Waals surface area contributed by atoms with Crippen molar-refractivity contribution in [2.45, 2.75) is 13.3 Å². The van der Waals surface area contributed by atoms with E-state index in [1.54, 1.807) is 28.4 Å². The fourth-order valence-electron chi connectivity index (χ4n) is 3.06. The van der Waals surface area contributed by atoms with Crippen LogP contribution >= 0.6 is 11.5 Å². The van der Waals surface area contributed by atoms with Crippen LogP contribution in [0.2, 0.25) is 0 Å². The lowest BCUT2D eigenvalue weighted by Crippen LogP contribution is -2.00. The third-order valence-corrected chi connectivity index (χ3v) is 5.32. The summed E-state index contributed by atoms with van der Waals surface area (Å²) >= 11 is 1.45. The van der Waals surface area contributed by atoms with Crippen LogP contribution in [0.5, 0.6) is 23.0 Å². The number of hydrogen-bond acceptors (Lipinski definition) is 6. The first-order valence-electron chi connectivity index (χ1n) is 8.59. The van der Waals surface area contributed by atoms with Gasteiger partial charge in [0.25, 0.3) is 0 Å². The molecule has 1 heterocycles. The van der Waals surface area contributed by atoms with Crippen molar-refractivity contribution in [1.82, 2.24) is 4.37 Å². The fraction of sp³-hybridized carbons (Fsp3) is 0.286. The van der Waals surface area contributed by atoms with Gasteiger partial charge in [0.2, 0.25) is 11.5 Å². The Morgan fingerprint density at radius 3 is 2.04 bits per heavy atom. The summed E-state index contributed by atoms with van der Waals surface area (Å²) in [6.07, 6.45) is 2.85. The number of ether oxygens (including phenoxy) is 4. The molecule has 0 saturated carbocycles. The molecule has 0 aliphatic rings. The zero-order valence-corrected chi connectivity index (χ0v) is 17.0. The highest BCUT2D eigenvalue weighted by Crippen LogP contribution is 2.51. The molecule has 6 heteroatoms. The minimum Gasteiger partial charge on any atom is -0.493 e. The maximum atomic E-state index is 5.68. The Hall–Kier alpha value is -2.73. The largest absolute Gasteiger partial charge is 0.493 e. The summed E-state index contributed by atoms with van der Waals surface area (Å²) in [5.41, 5.74) is 4.21. The third kappa shape index (κ3) is 3.45. The molecule has 0 atom stereocenters. The number of aromatic nitrogens is 1. The molecule has 0 amide bonds. The van der Waals surface area contributed by atoms with Crippen LogP contribution in [0, 0.1) is 0 Å². The second kappa shape index (κ2) is 8.31. The lowest BCUT2D eigenvalue weighted by molar-refractivity contribution is 0.306. The Morgan fingerprint density at radius 1 is 0.815 bits per heavy atom. The second-order valence-corrected chi connectivity index (χ2v) is 6.65. The number of methoxy groups -OCH3 is 4. The van der Waals surface area contributed by atoms with E-state index >= 15 is 0 Å². The van der Waals surface area contributed by atoms with E-state index in [-0.39, 0.29) is 0 Å². The van der Waals surface area contributed by atoms with Gasteiger partial charge in [-0.1, -0.05) is 31.2 Å². The number of rotatable bonds is 7. The van der Waals surface area contributed by atoms with Crippen LogP contribution in [0.4, 0.5) is 0 Å². The number of benzene rings is 2. The van der Waals surface area contributed by atoms with E-state index in [4.69, 9.17) is 18.9 Å². The van der Waals surface area contributed by atoms with Crippen molar-refractivity contribution in [3.05, 3.63) is 42.1 Å². The van der Waals surface area contributed by atoms with Gasteiger partial charge in [0, 0.05) is 17.3 Å². The minimum atomic E-state index is 0.493. The zero-order valence-electron chi connectivity index (χ0n) is 16.2. The molecule has 1 aromatic heterocycles. The van der Waals surface area contributed by atoms with E-state index in [2.05, 4.69) is 35.6 Å². The Morgan fingerprint density at radius 2 is 1.48 bits per heavy atom. The molecule has 0 N–H and O–H groups in total. The predicted octanol–water partition coefficient (Wildman–Crippen LogP) is 5.07. The summed E-state index contributed by atoms with van der Waals surface area (Å²) < 4.78 is 26.7. The SMILES string of the molecule is CCc1ccc(-c2sncc2-c2cc(OC)c(OC)c(OC)c2OC)cc1. The second-order valence-electron chi connectivity index (χ2n) is 5.85. The predicted molar refractivity (Wildman–Crippen MR) is 109 cm³/mol. The number of hydrogen-bond donors (Lipinski definition) is 0. The van der Waals surface area contributed by atoms with E-state index in [0.717, 1.165) is 28.0 Å². The summed E-state index contributed by atoms with van der Waals surface area (Å²) in [6, 6.07) is 10.4. The quantitative estimate of drug-likeness (QED) is 0.568. The normalized spacial score (nSPS) is 10.6. The molecule has 3 rings (SSSR count). The van der Waals surface area contributed by atoms with Crippen molar-refractivity contribution in [2.75, 3.05) is 28.4 Å². The van der Waals surface area contributed by atoms with Crippen LogP contribution in [0.1, 0.15) is 12.5 Å². The van der Waals surface area contributed by atoms with Gasteiger partial charge in [-0.25, -0.2) is 0 Å². The Labute approximate surface area is 163 Å². The topological polar surface area (TPSA) is 49.8 Å². The molecule has 0 aliphatic heterocycles. The van der Waals surface area contributed by atoms with Crippen LogP contribution in [0.25, 0.3) is 21.6 Å². The maximum absolute atomic E-state index is 5.68. The molecular weight excluding hydrogens is 362 g/mol. The van der Waals surface area contributed by atoms with Gasteiger partial charge in [-0.15, -0.1) is 0 Å². The van der Waals surface area contributed by atoms with Crippen molar-refractivity contribution in [3.63, 3.8) is 0 Å². The van der Waals surface area contributed by atoms with Crippen molar-refractivity contribution in [2.24, 2.45) is 0 Å².